The Labute approximate surface area is 103 Å². The number of pyridine rings is 1. The van der Waals surface area contributed by atoms with Crippen LogP contribution >= 0.6 is 0 Å². The third-order valence-corrected chi connectivity index (χ3v) is 4.84. The van der Waals surface area contributed by atoms with Gasteiger partial charge in [-0.05, 0) is 30.9 Å². The second kappa shape index (κ2) is 5.14. The lowest BCUT2D eigenvalue weighted by atomic mass is 9.87. The summed E-state index contributed by atoms with van der Waals surface area (Å²) < 4.78 is 27.0. The van der Waals surface area contributed by atoms with E-state index in [1.54, 1.807) is 18.3 Å². The Balaban J connectivity index is 2.12. The van der Waals surface area contributed by atoms with Crippen LogP contribution < -0.4 is 4.72 Å². The molecular formula is C12H18N2O2S. The Bertz CT molecular complexity index is 459. The third-order valence-electron chi connectivity index (χ3n) is 3.36. The minimum absolute atomic E-state index is 0.0638. The molecule has 5 heteroatoms. The van der Waals surface area contributed by atoms with Crippen molar-refractivity contribution in [2.75, 3.05) is 0 Å². The number of hydrogen-bond donors (Lipinski definition) is 1. The highest BCUT2D eigenvalue weighted by Crippen LogP contribution is 2.25. The molecule has 0 bridgehead atoms. The summed E-state index contributed by atoms with van der Waals surface area (Å²) in [5, 5.41) is 0. The third kappa shape index (κ3) is 3.04. The molecule has 0 aromatic carbocycles. The predicted octanol–water partition coefficient (Wildman–Crippen LogP) is 1.94. The highest BCUT2D eigenvalue weighted by atomic mass is 32.2. The maximum Gasteiger partial charge on any atom is 0.242 e. The fraction of sp³-hybridized carbons (Fsp3) is 0.583. The van der Waals surface area contributed by atoms with Crippen LogP contribution in [0.1, 0.15) is 32.6 Å². The van der Waals surface area contributed by atoms with Gasteiger partial charge in [-0.1, -0.05) is 19.8 Å². The normalized spacial score (nSPS) is 25.7. The van der Waals surface area contributed by atoms with Crippen molar-refractivity contribution in [3.05, 3.63) is 24.5 Å². The number of sulfonamides is 1. The van der Waals surface area contributed by atoms with E-state index in [2.05, 4.69) is 16.6 Å². The van der Waals surface area contributed by atoms with E-state index in [0.29, 0.717) is 5.92 Å². The van der Waals surface area contributed by atoms with Gasteiger partial charge in [0.05, 0.1) is 0 Å². The molecule has 1 N–H and O–H groups in total. The molecule has 1 unspecified atom stereocenters. The van der Waals surface area contributed by atoms with Crippen LogP contribution in [0.3, 0.4) is 0 Å². The summed E-state index contributed by atoms with van der Waals surface area (Å²) >= 11 is 0. The fourth-order valence-corrected chi connectivity index (χ4v) is 3.61. The van der Waals surface area contributed by atoms with Crippen molar-refractivity contribution in [1.82, 2.24) is 9.71 Å². The summed E-state index contributed by atoms with van der Waals surface area (Å²) in [6.07, 6.45) is 7.29. The molecule has 0 spiro atoms. The molecule has 1 saturated carbocycles. The van der Waals surface area contributed by atoms with Crippen LogP contribution in [-0.4, -0.2) is 19.4 Å². The van der Waals surface area contributed by atoms with Gasteiger partial charge in [0.25, 0.3) is 0 Å². The first-order valence-electron chi connectivity index (χ1n) is 6.02. The Morgan fingerprint density at radius 2 is 2.12 bits per heavy atom. The summed E-state index contributed by atoms with van der Waals surface area (Å²) in [5.41, 5.74) is 0. The molecule has 0 saturated heterocycles. The molecule has 0 radical (unpaired) electrons. The second-order valence-corrected chi connectivity index (χ2v) is 6.39. The van der Waals surface area contributed by atoms with Gasteiger partial charge >= 0.3 is 0 Å². The van der Waals surface area contributed by atoms with Crippen LogP contribution in [0.5, 0.6) is 0 Å². The van der Waals surface area contributed by atoms with E-state index in [4.69, 9.17) is 0 Å². The largest absolute Gasteiger partial charge is 0.263 e. The molecule has 1 aromatic heterocycles. The van der Waals surface area contributed by atoms with Crippen molar-refractivity contribution in [3.8, 4) is 0 Å². The monoisotopic (exact) mass is 254 g/mol. The Morgan fingerprint density at radius 3 is 2.76 bits per heavy atom. The summed E-state index contributed by atoms with van der Waals surface area (Å²) in [5.74, 6) is 0.412. The van der Waals surface area contributed by atoms with Crippen LogP contribution in [0.2, 0.25) is 0 Å². The SMILES string of the molecule is C[C@@H]1CCCCC1NS(=O)(=O)c1cccnc1. The number of hydrogen-bond acceptors (Lipinski definition) is 3. The number of nitrogens with zero attached hydrogens (tertiary/aromatic N) is 1. The van der Waals surface area contributed by atoms with E-state index in [0.717, 1.165) is 19.3 Å². The minimum Gasteiger partial charge on any atom is -0.263 e. The zero-order valence-corrected chi connectivity index (χ0v) is 10.8. The molecule has 1 aromatic rings. The lowest BCUT2D eigenvalue weighted by Crippen LogP contribution is -2.40. The molecule has 1 heterocycles. The summed E-state index contributed by atoms with van der Waals surface area (Å²) in [6.45, 7) is 2.11. The van der Waals surface area contributed by atoms with Crippen molar-refractivity contribution in [3.63, 3.8) is 0 Å². The van der Waals surface area contributed by atoms with Gasteiger partial charge in [0.2, 0.25) is 10.0 Å². The number of rotatable bonds is 3. The van der Waals surface area contributed by atoms with E-state index in [1.807, 2.05) is 0 Å². The van der Waals surface area contributed by atoms with Gasteiger partial charge in [-0.25, -0.2) is 13.1 Å². The predicted molar refractivity (Wildman–Crippen MR) is 66.0 cm³/mol. The average molecular weight is 254 g/mol. The smallest absolute Gasteiger partial charge is 0.242 e. The summed E-state index contributed by atoms with van der Waals surface area (Å²) in [6, 6.07) is 3.27. The molecular weight excluding hydrogens is 236 g/mol. The standard InChI is InChI=1S/C12H18N2O2S/c1-10-5-2-3-7-12(10)14-17(15,16)11-6-4-8-13-9-11/h4,6,8-10,12,14H,2-3,5,7H2,1H3/t10-,12?/m1/s1. The average Bonchev–Trinajstić information content (AvgIpc) is 2.33. The first kappa shape index (κ1) is 12.5. The van der Waals surface area contributed by atoms with Crippen LogP contribution in [-0.2, 0) is 10.0 Å². The first-order valence-corrected chi connectivity index (χ1v) is 7.50. The zero-order chi connectivity index (χ0) is 12.3. The van der Waals surface area contributed by atoms with Crippen LogP contribution in [0.25, 0.3) is 0 Å². The number of aromatic nitrogens is 1. The number of nitrogens with one attached hydrogen (secondary N) is 1. The van der Waals surface area contributed by atoms with Gasteiger partial charge in [-0.15, -0.1) is 0 Å². The highest BCUT2D eigenvalue weighted by molar-refractivity contribution is 7.89. The molecule has 1 aliphatic carbocycles. The Morgan fingerprint density at radius 1 is 1.35 bits per heavy atom. The van der Waals surface area contributed by atoms with E-state index in [1.165, 1.54) is 12.6 Å². The van der Waals surface area contributed by atoms with Gasteiger partial charge in [-0.3, -0.25) is 4.98 Å². The molecule has 94 valence electrons. The van der Waals surface area contributed by atoms with E-state index < -0.39 is 10.0 Å². The Kier molecular flexibility index (Phi) is 3.79. The van der Waals surface area contributed by atoms with Crippen molar-refractivity contribution < 1.29 is 8.42 Å². The van der Waals surface area contributed by atoms with Gasteiger partial charge in [0, 0.05) is 18.4 Å². The van der Waals surface area contributed by atoms with E-state index in [9.17, 15) is 8.42 Å². The fourth-order valence-electron chi connectivity index (χ4n) is 2.26. The quantitative estimate of drug-likeness (QED) is 0.896. The molecule has 2 atom stereocenters. The maximum absolute atomic E-state index is 12.1. The molecule has 0 amide bonds. The van der Waals surface area contributed by atoms with Crippen molar-refractivity contribution >= 4 is 10.0 Å². The van der Waals surface area contributed by atoms with Crippen LogP contribution in [0.4, 0.5) is 0 Å². The lowest BCUT2D eigenvalue weighted by molar-refractivity contribution is 0.310. The van der Waals surface area contributed by atoms with E-state index in [-0.39, 0.29) is 10.9 Å². The van der Waals surface area contributed by atoms with Crippen molar-refractivity contribution in [2.24, 2.45) is 5.92 Å². The molecule has 17 heavy (non-hydrogen) atoms. The second-order valence-electron chi connectivity index (χ2n) is 4.68. The van der Waals surface area contributed by atoms with Gasteiger partial charge in [-0.2, -0.15) is 0 Å². The molecule has 1 aliphatic rings. The summed E-state index contributed by atoms with van der Waals surface area (Å²) in [4.78, 5) is 4.09. The molecule has 1 fully saturated rings. The highest BCUT2D eigenvalue weighted by Gasteiger charge is 2.26. The van der Waals surface area contributed by atoms with Crippen molar-refractivity contribution in [1.29, 1.82) is 0 Å². The Hall–Kier alpha value is -0.940. The molecule has 2 rings (SSSR count). The van der Waals surface area contributed by atoms with Crippen LogP contribution in [0.15, 0.2) is 29.4 Å². The van der Waals surface area contributed by atoms with Crippen LogP contribution in [0, 0.1) is 5.92 Å². The van der Waals surface area contributed by atoms with E-state index >= 15 is 0 Å². The van der Waals surface area contributed by atoms with Gasteiger partial charge < -0.3 is 0 Å². The topological polar surface area (TPSA) is 59.1 Å². The maximum atomic E-state index is 12.1. The van der Waals surface area contributed by atoms with Gasteiger partial charge in [0.1, 0.15) is 4.90 Å². The lowest BCUT2D eigenvalue weighted by Gasteiger charge is -2.29. The minimum atomic E-state index is -3.41. The zero-order valence-electron chi connectivity index (χ0n) is 9.96. The molecule has 0 aliphatic heterocycles. The molecule has 4 nitrogen and oxygen atoms in total. The summed E-state index contributed by atoms with van der Waals surface area (Å²) in [7, 11) is -3.41. The first-order chi connectivity index (χ1) is 8.09. The van der Waals surface area contributed by atoms with Gasteiger partial charge in [0.15, 0.2) is 0 Å². The van der Waals surface area contributed by atoms with Crippen molar-refractivity contribution in [2.45, 2.75) is 43.5 Å².